The van der Waals surface area contributed by atoms with Crippen LogP contribution in [0.2, 0.25) is 0 Å². The Morgan fingerprint density at radius 3 is 2.38 bits per heavy atom. The summed E-state index contributed by atoms with van der Waals surface area (Å²) in [5, 5.41) is 7.13. The number of hydrogen-bond donors (Lipinski definition) is 2. The van der Waals surface area contributed by atoms with Gasteiger partial charge in [0.05, 0.1) is 23.9 Å². The average Bonchev–Trinajstić information content (AvgIpc) is 2.80. The van der Waals surface area contributed by atoms with Crippen LogP contribution in [0.3, 0.4) is 0 Å². The van der Waals surface area contributed by atoms with Crippen LogP contribution >= 0.6 is 11.3 Å². The Hall–Kier alpha value is -2.08. The molecule has 0 saturated heterocycles. The number of nitrogens with one attached hydrogen (secondary N) is 2. The van der Waals surface area contributed by atoms with E-state index in [0.29, 0.717) is 5.69 Å². The normalized spacial score (nSPS) is 11.8. The van der Waals surface area contributed by atoms with Crippen molar-refractivity contribution >= 4 is 28.8 Å². The first-order valence-electron chi connectivity index (χ1n) is 6.65. The molecule has 0 aliphatic rings. The minimum Gasteiger partial charge on any atom is -0.453 e. The van der Waals surface area contributed by atoms with E-state index in [0.717, 1.165) is 16.4 Å². The number of nitrogens with zero attached hydrogens (tertiary/aromatic N) is 1. The molecule has 1 aromatic carbocycles. The number of hydrogen-bond acceptors (Lipinski definition) is 5. The van der Waals surface area contributed by atoms with Crippen molar-refractivity contribution in [2.45, 2.75) is 26.8 Å². The first-order valence-corrected chi connectivity index (χ1v) is 7.46. The predicted octanol–water partition coefficient (Wildman–Crippen LogP) is 4.11. The van der Waals surface area contributed by atoms with Crippen LogP contribution in [0.1, 0.15) is 28.5 Å². The van der Waals surface area contributed by atoms with Crippen LogP contribution < -0.4 is 10.6 Å². The number of ether oxygens (including phenoxy) is 1. The molecule has 2 N–H and O–H groups in total. The maximum absolute atomic E-state index is 11.1. The van der Waals surface area contributed by atoms with Gasteiger partial charge in [0.1, 0.15) is 0 Å². The molecule has 0 saturated carbocycles. The van der Waals surface area contributed by atoms with E-state index >= 15 is 0 Å². The summed E-state index contributed by atoms with van der Waals surface area (Å²) in [6, 6.07) is 7.69. The minimum absolute atomic E-state index is 0.190. The highest BCUT2D eigenvalue weighted by molar-refractivity contribution is 7.11. The first-order chi connectivity index (χ1) is 9.99. The third kappa shape index (κ3) is 3.95. The molecule has 112 valence electrons. The van der Waals surface area contributed by atoms with Gasteiger partial charge in [0.2, 0.25) is 0 Å². The topological polar surface area (TPSA) is 63.2 Å². The number of amides is 1. The lowest BCUT2D eigenvalue weighted by atomic mass is 10.2. The summed E-state index contributed by atoms with van der Waals surface area (Å²) in [7, 11) is 1.34. The Morgan fingerprint density at radius 2 is 1.86 bits per heavy atom. The standard InChI is InChI=1S/C15H19N3O2S/c1-9-14(21-11(3)16-9)10(2)17-12-5-7-13(8-6-12)18-15(19)20-4/h5-8,10,17H,1-4H3,(H,18,19). The third-order valence-electron chi connectivity index (χ3n) is 3.03. The van der Waals surface area contributed by atoms with Crippen molar-refractivity contribution in [2.24, 2.45) is 0 Å². The van der Waals surface area contributed by atoms with Crippen molar-refractivity contribution in [3.63, 3.8) is 0 Å². The van der Waals surface area contributed by atoms with E-state index in [2.05, 4.69) is 27.3 Å². The van der Waals surface area contributed by atoms with Gasteiger partial charge in [-0.05, 0) is 45.0 Å². The molecule has 1 atom stereocenters. The van der Waals surface area contributed by atoms with E-state index < -0.39 is 6.09 Å². The fraction of sp³-hybridized carbons (Fsp3) is 0.333. The SMILES string of the molecule is COC(=O)Nc1ccc(NC(C)c2sc(C)nc2C)cc1. The summed E-state index contributed by atoms with van der Waals surface area (Å²) < 4.78 is 4.55. The van der Waals surface area contributed by atoms with Gasteiger partial charge in [0.25, 0.3) is 0 Å². The maximum atomic E-state index is 11.1. The molecular weight excluding hydrogens is 286 g/mol. The molecule has 2 rings (SSSR count). The smallest absolute Gasteiger partial charge is 0.411 e. The van der Waals surface area contributed by atoms with Gasteiger partial charge in [-0.1, -0.05) is 0 Å². The highest BCUT2D eigenvalue weighted by Crippen LogP contribution is 2.27. The molecule has 0 fully saturated rings. The van der Waals surface area contributed by atoms with Gasteiger partial charge in [-0.25, -0.2) is 9.78 Å². The number of aryl methyl sites for hydroxylation is 2. The van der Waals surface area contributed by atoms with Crippen LogP contribution in [-0.4, -0.2) is 18.2 Å². The second-order valence-electron chi connectivity index (χ2n) is 4.74. The van der Waals surface area contributed by atoms with Crippen molar-refractivity contribution in [3.05, 3.63) is 39.8 Å². The van der Waals surface area contributed by atoms with Crippen molar-refractivity contribution in [1.29, 1.82) is 0 Å². The Morgan fingerprint density at radius 1 is 1.24 bits per heavy atom. The predicted molar refractivity (Wildman–Crippen MR) is 86.1 cm³/mol. The zero-order valence-corrected chi connectivity index (χ0v) is 13.4. The summed E-state index contributed by atoms with van der Waals surface area (Å²) in [5.74, 6) is 0. The van der Waals surface area contributed by atoms with E-state index in [4.69, 9.17) is 0 Å². The molecule has 0 radical (unpaired) electrons. The molecule has 0 aliphatic carbocycles. The molecule has 1 aromatic heterocycles. The Bertz CT molecular complexity index is 622. The van der Waals surface area contributed by atoms with Crippen LogP contribution in [0.4, 0.5) is 16.2 Å². The average molecular weight is 305 g/mol. The number of rotatable bonds is 4. The van der Waals surface area contributed by atoms with Crippen LogP contribution in [0.5, 0.6) is 0 Å². The molecule has 21 heavy (non-hydrogen) atoms. The van der Waals surface area contributed by atoms with Gasteiger partial charge >= 0.3 is 6.09 Å². The quantitative estimate of drug-likeness (QED) is 0.892. The Kier molecular flexibility index (Phi) is 4.80. The van der Waals surface area contributed by atoms with Gasteiger partial charge in [-0.2, -0.15) is 0 Å². The van der Waals surface area contributed by atoms with Crippen molar-refractivity contribution in [2.75, 3.05) is 17.7 Å². The van der Waals surface area contributed by atoms with E-state index in [1.54, 1.807) is 11.3 Å². The number of carbonyl (C=O) groups is 1. The Labute approximate surface area is 128 Å². The second-order valence-corrected chi connectivity index (χ2v) is 5.98. The number of carbonyl (C=O) groups excluding carboxylic acids is 1. The Balaban J connectivity index is 2.03. The third-order valence-corrected chi connectivity index (χ3v) is 4.29. The maximum Gasteiger partial charge on any atom is 0.411 e. The minimum atomic E-state index is -0.472. The number of thiazole rings is 1. The lowest BCUT2D eigenvalue weighted by Crippen LogP contribution is -2.11. The summed E-state index contributed by atoms with van der Waals surface area (Å²) in [5.41, 5.74) is 2.76. The molecular formula is C15H19N3O2S. The molecule has 1 heterocycles. The number of anilines is 2. The van der Waals surface area contributed by atoms with Crippen molar-refractivity contribution < 1.29 is 9.53 Å². The molecule has 0 bridgehead atoms. The molecule has 1 amide bonds. The van der Waals surface area contributed by atoms with Gasteiger partial charge in [0, 0.05) is 16.3 Å². The summed E-state index contributed by atoms with van der Waals surface area (Å²) in [6.07, 6.45) is -0.472. The molecule has 5 nitrogen and oxygen atoms in total. The fourth-order valence-corrected chi connectivity index (χ4v) is 3.01. The second kappa shape index (κ2) is 6.58. The van der Waals surface area contributed by atoms with Crippen molar-refractivity contribution in [1.82, 2.24) is 4.98 Å². The molecule has 0 aliphatic heterocycles. The monoisotopic (exact) mass is 305 g/mol. The molecule has 6 heteroatoms. The summed E-state index contributed by atoms with van der Waals surface area (Å²) in [4.78, 5) is 16.8. The van der Waals surface area contributed by atoms with E-state index in [-0.39, 0.29) is 6.04 Å². The largest absolute Gasteiger partial charge is 0.453 e. The molecule has 2 aromatic rings. The van der Waals surface area contributed by atoms with Crippen LogP contribution in [0.25, 0.3) is 0 Å². The van der Waals surface area contributed by atoms with Gasteiger partial charge in [0.15, 0.2) is 0 Å². The van der Waals surface area contributed by atoms with E-state index in [1.807, 2.05) is 38.1 Å². The highest BCUT2D eigenvalue weighted by Gasteiger charge is 2.12. The van der Waals surface area contributed by atoms with Crippen LogP contribution in [0.15, 0.2) is 24.3 Å². The zero-order valence-electron chi connectivity index (χ0n) is 12.6. The van der Waals surface area contributed by atoms with E-state index in [9.17, 15) is 4.79 Å². The molecule has 1 unspecified atom stereocenters. The van der Waals surface area contributed by atoms with Gasteiger partial charge in [-0.15, -0.1) is 11.3 Å². The van der Waals surface area contributed by atoms with Crippen molar-refractivity contribution in [3.8, 4) is 0 Å². The molecule has 0 spiro atoms. The first kappa shape index (κ1) is 15.3. The summed E-state index contributed by atoms with van der Waals surface area (Å²) >= 11 is 1.71. The van der Waals surface area contributed by atoms with E-state index in [1.165, 1.54) is 12.0 Å². The van der Waals surface area contributed by atoms with Crippen LogP contribution in [0, 0.1) is 13.8 Å². The van der Waals surface area contributed by atoms with Crippen LogP contribution in [-0.2, 0) is 4.74 Å². The number of benzene rings is 1. The number of aromatic nitrogens is 1. The van der Waals surface area contributed by atoms with Gasteiger partial charge < -0.3 is 10.1 Å². The van der Waals surface area contributed by atoms with Gasteiger partial charge in [-0.3, -0.25) is 5.32 Å². The zero-order chi connectivity index (χ0) is 15.4. The lowest BCUT2D eigenvalue weighted by Gasteiger charge is -2.15. The lowest BCUT2D eigenvalue weighted by molar-refractivity contribution is 0.187. The number of methoxy groups -OCH3 is 1. The fourth-order valence-electron chi connectivity index (χ4n) is 2.08. The highest BCUT2D eigenvalue weighted by atomic mass is 32.1. The summed E-state index contributed by atoms with van der Waals surface area (Å²) in [6.45, 7) is 6.15.